The number of nitrogens with one attached hydrogen (secondary N) is 1. The molecule has 14 heavy (non-hydrogen) atoms. The lowest BCUT2D eigenvalue weighted by atomic mass is 9.92. The minimum Gasteiger partial charge on any atom is -0.465 e. The SMILES string of the molecule is CCOC(=O)C(C)(CCC(C)C)NC. The van der Waals surface area contributed by atoms with Crippen LogP contribution in [0.2, 0.25) is 0 Å². The fourth-order valence-corrected chi connectivity index (χ4v) is 1.20. The quantitative estimate of drug-likeness (QED) is 0.668. The molecule has 0 rings (SSSR count). The van der Waals surface area contributed by atoms with Crippen molar-refractivity contribution in [2.24, 2.45) is 5.92 Å². The normalized spacial score (nSPS) is 15.3. The van der Waals surface area contributed by atoms with Gasteiger partial charge in [-0.1, -0.05) is 13.8 Å². The van der Waals surface area contributed by atoms with Crippen molar-refractivity contribution in [2.75, 3.05) is 13.7 Å². The predicted molar refractivity (Wildman–Crippen MR) is 58.2 cm³/mol. The molecule has 84 valence electrons. The first kappa shape index (κ1) is 13.4. The second kappa shape index (κ2) is 6.02. The van der Waals surface area contributed by atoms with Crippen molar-refractivity contribution in [1.29, 1.82) is 0 Å². The number of rotatable bonds is 6. The van der Waals surface area contributed by atoms with E-state index >= 15 is 0 Å². The van der Waals surface area contributed by atoms with Gasteiger partial charge in [0.05, 0.1) is 6.61 Å². The molecule has 3 nitrogen and oxygen atoms in total. The highest BCUT2D eigenvalue weighted by Crippen LogP contribution is 2.17. The molecule has 0 bridgehead atoms. The van der Waals surface area contributed by atoms with E-state index in [1.807, 2.05) is 13.8 Å². The van der Waals surface area contributed by atoms with E-state index < -0.39 is 5.54 Å². The van der Waals surface area contributed by atoms with Crippen LogP contribution in [0, 0.1) is 5.92 Å². The predicted octanol–water partition coefficient (Wildman–Crippen LogP) is 1.96. The zero-order chi connectivity index (χ0) is 11.2. The number of ether oxygens (including phenoxy) is 1. The number of hydrogen-bond donors (Lipinski definition) is 1. The first-order valence-electron chi connectivity index (χ1n) is 5.32. The summed E-state index contributed by atoms with van der Waals surface area (Å²) >= 11 is 0. The molecule has 3 heteroatoms. The molecule has 0 saturated carbocycles. The van der Waals surface area contributed by atoms with Gasteiger partial charge in [-0.2, -0.15) is 0 Å². The largest absolute Gasteiger partial charge is 0.465 e. The van der Waals surface area contributed by atoms with Gasteiger partial charge in [0.2, 0.25) is 0 Å². The summed E-state index contributed by atoms with van der Waals surface area (Å²) in [6.45, 7) is 8.48. The van der Waals surface area contributed by atoms with Gasteiger partial charge in [-0.25, -0.2) is 0 Å². The molecule has 0 aromatic rings. The Balaban J connectivity index is 4.23. The first-order chi connectivity index (χ1) is 6.46. The van der Waals surface area contributed by atoms with Crippen molar-refractivity contribution < 1.29 is 9.53 Å². The standard InChI is InChI=1S/C11H23NO2/c1-6-14-10(13)11(4,12-5)8-7-9(2)3/h9,12H,6-8H2,1-5H3. The molecular weight excluding hydrogens is 178 g/mol. The summed E-state index contributed by atoms with van der Waals surface area (Å²) < 4.78 is 5.03. The van der Waals surface area contributed by atoms with E-state index in [4.69, 9.17) is 4.74 Å². The minimum absolute atomic E-state index is 0.150. The van der Waals surface area contributed by atoms with Gasteiger partial charge in [0.25, 0.3) is 0 Å². The van der Waals surface area contributed by atoms with E-state index in [2.05, 4.69) is 19.2 Å². The van der Waals surface area contributed by atoms with Gasteiger partial charge in [0.1, 0.15) is 5.54 Å². The lowest BCUT2D eigenvalue weighted by Gasteiger charge is -2.27. The fraction of sp³-hybridized carbons (Fsp3) is 0.909. The molecule has 0 amide bonds. The van der Waals surface area contributed by atoms with Gasteiger partial charge >= 0.3 is 5.97 Å². The van der Waals surface area contributed by atoms with Crippen molar-refractivity contribution in [3.8, 4) is 0 Å². The Hall–Kier alpha value is -0.570. The number of likely N-dealkylation sites (N-methyl/N-ethyl adjacent to an activating group) is 1. The summed E-state index contributed by atoms with van der Waals surface area (Å²) in [5, 5.41) is 3.04. The van der Waals surface area contributed by atoms with Crippen molar-refractivity contribution in [2.45, 2.75) is 46.1 Å². The van der Waals surface area contributed by atoms with Crippen molar-refractivity contribution in [1.82, 2.24) is 5.32 Å². The maximum absolute atomic E-state index is 11.6. The van der Waals surface area contributed by atoms with Crippen molar-refractivity contribution in [3.05, 3.63) is 0 Å². The summed E-state index contributed by atoms with van der Waals surface area (Å²) in [4.78, 5) is 11.6. The summed E-state index contributed by atoms with van der Waals surface area (Å²) in [6, 6.07) is 0. The monoisotopic (exact) mass is 201 g/mol. The molecule has 1 unspecified atom stereocenters. The molecule has 0 aliphatic carbocycles. The van der Waals surface area contributed by atoms with E-state index in [9.17, 15) is 4.79 Å². The Kier molecular flexibility index (Phi) is 5.77. The maximum Gasteiger partial charge on any atom is 0.326 e. The van der Waals surface area contributed by atoms with E-state index in [0.717, 1.165) is 12.8 Å². The molecule has 0 radical (unpaired) electrons. The number of hydrogen-bond acceptors (Lipinski definition) is 3. The Bertz CT molecular complexity index is 180. The molecule has 0 heterocycles. The van der Waals surface area contributed by atoms with E-state index in [-0.39, 0.29) is 5.97 Å². The van der Waals surface area contributed by atoms with Crippen LogP contribution in [0.4, 0.5) is 0 Å². The van der Waals surface area contributed by atoms with Gasteiger partial charge in [-0.3, -0.25) is 4.79 Å². The van der Waals surface area contributed by atoms with Crippen LogP contribution < -0.4 is 5.32 Å². The lowest BCUT2D eigenvalue weighted by molar-refractivity contribution is -0.150. The smallest absolute Gasteiger partial charge is 0.326 e. The van der Waals surface area contributed by atoms with Crippen molar-refractivity contribution in [3.63, 3.8) is 0 Å². The highest BCUT2D eigenvalue weighted by atomic mass is 16.5. The molecule has 0 saturated heterocycles. The second-order valence-electron chi connectivity index (χ2n) is 4.24. The summed E-state index contributed by atoms with van der Waals surface area (Å²) in [5.74, 6) is 0.459. The van der Waals surface area contributed by atoms with Crippen LogP contribution >= 0.6 is 0 Å². The molecule has 1 atom stereocenters. The third-order valence-electron chi connectivity index (χ3n) is 2.50. The molecule has 0 aliphatic heterocycles. The zero-order valence-electron chi connectivity index (χ0n) is 10.0. The lowest BCUT2D eigenvalue weighted by Crippen LogP contribution is -2.48. The molecule has 0 aromatic heterocycles. The molecule has 1 N–H and O–H groups in total. The second-order valence-corrected chi connectivity index (χ2v) is 4.24. The molecule has 0 aliphatic rings. The van der Waals surface area contributed by atoms with Crippen LogP contribution in [-0.4, -0.2) is 25.2 Å². The van der Waals surface area contributed by atoms with Crippen LogP contribution in [0.15, 0.2) is 0 Å². The van der Waals surface area contributed by atoms with Gasteiger partial charge in [-0.15, -0.1) is 0 Å². The van der Waals surface area contributed by atoms with Gasteiger partial charge in [0, 0.05) is 0 Å². The third kappa shape index (κ3) is 4.09. The van der Waals surface area contributed by atoms with Crippen LogP contribution in [0.25, 0.3) is 0 Å². The average Bonchev–Trinajstić information content (AvgIpc) is 2.14. The van der Waals surface area contributed by atoms with Crippen molar-refractivity contribution >= 4 is 5.97 Å². The van der Waals surface area contributed by atoms with Gasteiger partial charge < -0.3 is 10.1 Å². The number of esters is 1. The summed E-state index contributed by atoms with van der Waals surface area (Å²) in [7, 11) is 1.80. The molecule has 0 spiro atoms. The first-order valence-corrected chi connectivity index (χ1v) is 5.32. The van der Waals surface area contributed by atoms with E-state index in [1.165, 1.54) is 0 Å². The fourth-order valence-electron chi connectivity index (χ4n) is 1.20. The van der Waals surface area contributed by atoms with Crippen LogP contribution in [0.1, 0.15) is 40.5 Å². The molecule has 0 fully saturated rings. The summed E-state index contributed by atoms with van der Waals surface area (Å²) in [6.07, 6.45) is 1.84. The summed E-state index contributed by atoms with van der Waals surface area (Å²) in [5.41, 5.74) is -0.527. The average molecular weight is 201 g/mol. The Morgan fingerprint density at radius 1 is 1.50 bits per heavy atom. The Morgan fingerprint density at radius 3 is 2.43 bits per heavy atom. The minimum atomic E-state index is -0.527. The Labute approximate surface area is 87.2 Å². The Morgan fingerprint density at radius 2 is 2.07 bits per heavy atom. The van der Waals surface area contributed by atoms with Crippen LogP contribution in [0.5, 0.6) is 0 Å². The van der Waals surface area contributed by atoms with Gasteiger partial charge in [0.15, 0.2) is 0 Å². The number of carbonyl (C=O) groups excluding carboxylic acids is 1. The number of carbonyl (C=O) groups is 1. The molecule has 0 aromatic carbocycles. The van der Waals surface area contributed by atoms with E-state index in [1.54, 1.807) is 7.05 Å². The van der Waals surface area contributed by atoms with Gasteiger partial charge in [-0.05, 0) is 39.7 Å². The molecular formula is C11H23NO2. The maximum atomic E-state index is 11.6. The third-order valence-corrected chi connectivity index (χ3v) is 2.50. The van der Waals surface area contributed by atoms with E-state index in [0.29, 0.717) is 12.5 Å². The zero-order valence-corrected chi connectivity index (χ0v) is 10.0. The highest BCUT2D eigenvalue weighted by Gasteiger charge is 2.32. The highest BCUT2D eigenvalue weighted by molar-refractivity contribution is 5.80. The topological polar surface area (TPSA) is 38.3 Å². The van der Waals surface area contributed by atoms with Crippen LogP contribution in [0.3, 0.4) is 0 Å². The van der Waals surface area contributed by atoms with Crippen LogP contribution in [-0.2, 0) is 9.53 Å².